The summed E-state index contributed by atoms with van der Waals surface area (Å²) < 4.78 is 13.9. The topological polar surface area (TPSA) is 45.2 Å². The molecular formula is C30H30FN3O. The number of hydrogen-bond acceptors (Lipinski definition) is 3. The minimum absolute atomic E-state index is 0.0118. The SMILES string of the molecule is O=C(CC1CCN(Cc2ccc3ccccc3n2)CC1)NC(c1ccccc1)c1cccc(F)c1. The second kappa shape index (κ2) is 10.8. The Bertz CT molecular complexity index is 1290. The Morgan fingerprint density at radius 3 is 2.46 bits per heavy atom. The minimum Gasteiger partial charge on any atom is -0.345 e. The van der Waals surface area contributed by atoms with Gasteiger partial charge in [-0.15, -0.1) is 0 Å². The molecule has 0 bridgehead atoms. The summed E-state index contributed by atoms with van der Waals surface area (Å²) in [4.78, 5) is 20.2. The van der Waals surface area contributed by atoms with Gasteiger partial charge in [-0.3, -0.25) is 14.7 Å². The average Bonchev–Trinajstić information content (AvgIpc) is 2.89. The van der Waals surface area contributed by atoms with Crippen LogP contribution in [0.1, 0.15) is 42.1 Å². The number of likely N-dealkylation sites (tertiary alicyclic amines) is 1. The summed E-state index contributed by atoms with van der Waals surface area (Å²) in [5.41, 5.74) is 3.81. The molecular weight excluding hydrogens is 437 g/mol. The Kier molecular flexibility index (Phi) is 7.15. The van der Waals surface area contributed by atoms with Gasteiger partial charge in [-0.05, 0) is 67.2 Å². The van der Waals surface area contributed by atoms with Crippen molar-refractivity contribution in [2.24, 2.45) is 5.92 Å². The number of halogens is 1. The molecule has 2 heterocycles. The normalized spacial score (nSPS) is 15.7. The van der Waals surface area contributed by atoms with Crippen molar-refractivity contribution >= 4 is 16.8 Å². The van der Waals surface area contributed by atoms with Gasteiger partial charge in [0.2, 0.25) is 5.91 Å². The van der Waals surface area contributed by atoms with Crippen LogP contribution >= 0.6 is 0 Å². The summed E-state index contributed by atoms with van der Waals surface area (Å²) >= 11 is 0. The van der Waals surface area contributed by atoms with Crippen LogP contribution in [0, 0.1) is 11.7 Å². The molecule has 3 aromatic carbocycles. The molecule has 0 spiro atoms. The van der Waals surface area contributed by atoms with Gasteiger partial charge in [0.15, 0.2) is 0 Å². The van der Waals surface area contributed by atoms with Crippen molar-refractivity contribution in [1.29, 1.82) is 0 Å². The number of fused-ring (bicyclic) bond motifs is 1. The lowest BCUT2D eigenvalue weighted by atomic mass is 9.92. The van der Waals surface area contributed by atoms with Crippen LogP contribution in [0.4, 0.5) is 4.39 Å². The number of aromatic nitrogens is 1. The first kappa shape index (κ1) is 23.2. The second-order valence-electron chi connectivity index (χ2n) is 9.39. The summed E-state index contributed by atoms with van der Waals surface area (Å²) in [6.45, 7) is 2.75. The lowest BCUT2D eigenvalue weighted by Gasteiger charge is -2.32. The van der Waals surface area contributed by atoms with Gasteiger partial charge in [0.25, 0.3) is 0 Å². The van der Waals surface area contributed by atoms with Crippen molar-refractivity contribution in [3.05, 3.63) is 114 Å². The number of nitrogens with zero attached hydrogens (tertiary/aromatic N) is 2. The zero-order chi connectivity index (χ0) is 24.0. The first-order valence-corrected chi connectivity index (χ1v) is 12.3. The van der Waals surface area contributed by atoms with Crippen molar-refractivity contribution in [2.75, 3.05) is 13.1 Å². The van der Waals surface area contributed by atoms with Crippen molar-refractivity contribution in [1.82, 2.24) is 15.2 Å². The molecule has 5 heteroatoms. The fourth-order valence-electron chi connectivity index (χ4n) is 4.95. The summed E-state index contributed by atoms with van der Waals surface area (Å²) in [5, 5.41) is 4.32. The number of rotatable bonds is 7. The predicted octanol–water partition coefficient (Wildman–Crippen LogP) is 5.88. The van der Waals surface area contributed by atoms with E-state index in [1.807, 2.05) is 48.5 Å². The molecule has 1 amide bonds. The fraction of sp³-hybridized carbons (Fsp3) is 0.267. The van der Waals surface area contributed by atoms with Crippen LogP contribution in [0.2, 0.25) is 0 Å². The second-order valence-corrected chi connectivity index (χ2v) is 9.39. The van der Waals surface area contributed by atoms with Gasteiger partial charge in [-0.1, -0.05) is 66.7 Å². The van der Waals surface area contributed by atoms with E-state index in [0.717, 1.165) is 60.2 Å². The Hall–Kier alpha value is -3.57. The van der Waals surface area contributed by atoms with Gasteiger partial charge in [-0.25, -0.2) is 4.39 Å². The molecule has 1 saturated heterocycles. The zero-order valence-corrected chi connectivity index (χ0v) is 19.7. The van der Waals surface area contributed by atoms with Crippen LogP contribution in [-0.2, 0) is 11.3 Å². The number of para-hydroxylation sites is 1. The Morgan fingerprint density at radius 2 is 1.66 bits per heavy atom. The lowest BCUT2D eigenvalue weighted by molar-refractivity contribution is -0.122. The molecule has 1 aliphatic rings. The van der Waals surface area contributed by atoms with Crippen molar-refractivity contribution in [3.8, 4) is 0 Å². The van der Waals surface area contributed by atoms with Crippen LogP contribution in [0.15, 0.2) is 91.0 Å². The highest BCUT2D eigenvalue weighted by Gasteiger charge is 2.24. The van der Waals surface area contributed by atoms with E-state index in [-0.39, 0.29) is 17.8 Å². The number of hydrogen-bond donors (Lipinski definition) is 1. The largest absolute Gasteiger partial charge is 0.345 e. The van der Waals surface area contributed by atoms with E-state index in [2.05, 4.69) is 34.5 Å². The van der Waals surface area contributed by atoms with Crippen LogP contribution in [-0.4, -0.2) is 28.9 Å². The number of nitrogens with one attached hydrogen (secondary N) is 1. The number of carbonyl (C=O) groups excluding carboxylic acids is 1. The van der Waals surface area contributed by atoms with E-state index in [4.69, 9.17) is 4.98 Å². The molecule has 35 heavy (non-hydrogen) atoms. The van der Waals surface area contributed by atoms with Crippen molar-refractivity contribution < 1.29 is 9.18 Å². The van der Waals surface area contributed by atoms with Gasteiger partial charge in [0.05, 0.1) is 17.3 Å². The molecule has 4 nitrogen and oxygen atoms in total. The van der Waals surface area contributed by atoms with Crippen LogP contribution in [0.3, 0.4) is 0 Å². The molecule has 0 radical (unpaired) electrons. The maximum atomic E-state index is 13.9. The Labute approximate surface area is 205 Å². The zero-order valence-electron chi connectivity index (χ0n) is 19.7. The average molecular weight is 468 g/mol. The van der Waals surface area contributed by atoms with E-state index in [0.29, 0.717) is 12.3 Å². The highest BCUT2D eigenvalue weighted by Crippen LogP contribution is 2.26. The maximum Gasteiger partial charge on any atom is 0.221 e. The van der Waals surface area contributed by atoms with Crippen LogP contribution in [0.5, 0.6) is 0 Å². The third kappa shape index (κ3) is 5.92. The maximum absolute atomic E-state index is 13.9. The number of pyridine rings is 1. The van der Waals surface area contributed by atoms with Crippen LogP contribution < -0.4 is 5.32 Å². The van der Waals surface area contributed by atoms with Gasteiger partial charge >= 0.3 is 0 Å². The quantitative estimate of drug-likeness (QED) is 0.369. The van der Waals surface area contributed by atoms with Crippen molar-refractivity contribution in [2.45, 2.75) is 31.8 Å². The summed E-state index contributed by atoms with van der Waals surface area (Å²) in [6.07, 6.45) is 2.45. The Balaban J connectivity index is 1.17. The highest BCUT2D eigenvalue weighted by atomic mass is 19.1. The molecule has 178 valence electrons. The predicted molar refractivity (Wildman–Crippen MR) is 137 cm³/mol. The van der Waals surface area contributed by atoms with E-state index >= 15 is 0 Å². The van der Waals surface area contributed by atoms with Gasteiger partial charge in [0, 0.05) is 18.4 Å². The van der Waals surface area contributed by atoms with Gasteiger partial charge in [-0.2, -0.15) is 0 Å². The molecule has 5 rings (SSSR count). The van der Waals surface area contributed by atoms with Crippen LogP contribution in [0.25, 0.3) is 10.9 Å². The van der Waals surface area contributed by atoms with E-state index in [1.165, 1.54) is 12.1 Å². The summed E-state index contributed by atoms with van der Waals surface area (Å²) in [5.74, 6) is 0.0588. The molecule has 1 aliphatic heterocycles. The van der Waals surface area contributed by atoms with E-state index < -0.39 is 0 Å². The fourth-order valence-corrected chi connectivity index (χ4v) is 4.95. The third-order valence-electron chi connectivity index (χ3n) is 6.84. The molecule has 1 fully saturated rings. The van der Waals surface area contributed by atoms with Gasteiger partial charge < -0.3 is 5.32 Å². The molecule has 1 atom stereocenters. The third-order valence-corrected chi connectivity index (χ3v) is 6.84. The standard InChI is InChI=1S/C30H30FN3O/c31-26-11-6-10-25(20-26)30(24-8-2-1-3-9-24)33-29(35)19-22-15-17-34(18-16-22)21-27-14-13-23-7-4-5-12-28(23)32-27/h1-14,20,22,30H,15-19,21H2,(H,33,35). The van der Waals surface area contributed by atoms with E-state index in [1.54, 1.807) is 6.07 Å². The molecule has 1 aromatic heterocycles. The monoisotopic (exact) mass is 467 g/mol. The lowest BCUT2D eigenvalue weighted by Crippen LogP contribution is -2.36. The van der Waals surface area contributed by atoms with Crippen molar-refractivity contribution in [3.63, 3.8) is 0 Å². The number of carbonyl (C=O) groups is 1. The molecule has 4 aromatic rings. The summed E-state index contributed by atoms with van der Waals surface area (Å²) in [7, 11) is 0. The highest BCUT2D eigenvalue weighted by molar-refractivity contribution is 5.78. The summed E-state index contributed by atoms with van der Waals surface area (Å²) in [6, 6.07) is 28.3. The van der Waals surface area contributed by atoms with Gasteiger partial charge in [0.1, 0.15) is 5.82 Å². The number of piperidine rings is 1. The first-order chi connectivity index (χ1) is 17.1. The number of benzene rings is 3. The smallest absolute Gasteiger partial charge is 0.221 e. The molecule has 0 saturated carbocycles. The van der Waals surface area contributed by atoms with E-state index in [9.17, 15) is 9.18 Å². The first-order valence-electron chi connectivity index (χ1n) is 12.3. The minimum atomic E-state index is -0.363. The molecule has 0 aliphatic carbocycles. The molecule has 1 unspecified atom stereocenters. The molecule has 1 N–H and O–H groups in total. The number of amides is 1. The Morgan fingerprint density at radius 1 is 0.914 bits per heavy atom.